The van der Waals surface area contributed by atoms with Gasteiger partial charge in [-0.1, -0.05) is 6.07 Å². The SMILES string of the molecule is Cc1cc(C(=O)CN2CCN(c3cccc(C(F)(F)F)c3)CC2)c(C)n1C. The molecule has 0 unspecified atom stereocenters. The molecule has 2 aromatic rings. The molecule has 1 aromatic heterocycles. The minimum Gasteiger partial charge on any atom is -0.369 e. The molecule has 0 aliphatic carbocycles. The average Bonchev–Trinajstić information content (AvgIpc) is 2.89. The highest BCUT2D eigenvalue weighted by Crippen LogP contribution is 2.31. The lowest BCUT2D eigenvalue weighted by molar-refractivity contribution is -0.137. The molecule has 7 heteroatoms. The first-order valence-electron chi connectivity index (χ1n) is 8.97. The molecule has 0 atom stereocenters. The predicted octanol–water partition coefficient (Wildman–Crippen LogP) is 3.67. The van der Waals surface area contributed by atoms with Gasteiger partial charge >= 0.3 is 6.18 Å². The van der Waals surface area contributed by atoms with Crippen molar-refractivity contribution < 1.29 is 18.0 Å². The van der Waals surface area contributed by atoms with E-state index in [4.69, 9.17) is 0 Å². The van der Waals surface area contributed by atoms with Crippen molar-refractivity contribution in [2.45, 2.75) is 20.0 Å². The number of piperazine rings is 1. The van der Waals surface area contributed by atoms with Crippen LogP contribution in [-0.2, 0) is 13.2 Å². The van der Waals surface area contributed by atoms with Crippen LogP contribution in [0.25, 0.3) is 0 Å². The Morgan fingerprint density at radius 3 is 2.30 bits per heavy atom. The van der Waals surface area contributed by atoms with Crippen LogP contribution >= 0.6 is 0 Å². The fraction of sp³-hybridized carbons (Fsp3) is 0.450. The molecule has 146 valence electrons. The van der Waals surface area contributed by atoms with E-state index < -0.39 is 11.7 Å². The van der Waals surface area contributed by atoms with Crippen LogP contribution in [0.4, 0.5) is 18.9 Å². The third-order valence-corrected chi connectivity index (χ3v) is 5.35. The number of hydrogen-bond acceptors (Lipinski definition) is 3. The lowest BCUT2D eigenvalue weighted by atomic mass is 10.1. The van der Waals surface area contributed by atoms with Crippen LogP contribution in [0.2, 0.25) is 0 Å². The van der Waals surface area contributed by atoms with Crippen molar-refractivity contribution in [2.24, 2.45) is 7.05 Å². The topological polar surface area (TPSA) is 28.5 Å². The number of aromatic nitrogens is 1. The molecule has 1 fully saturated rings. The minimum absolute atomic E-state index is 0.0868. The van der Waals surface area contributed by atoms with Crippen molar-refractivity contribution >= 4 is 11.5 Å². The van der Waals surface area contributed by atoms with Crippen molar-refractivity contribution in [3.63, 3.8) is 0 Å². The Hall–Kier alpha value is -2.28. The van der Waals surface area contributed by atoms with Gasteiger partial charge in [0.05, 0.1) is 12.1 Å². The normalized spacial score (nSPS) is 16.0. The Morgan fingerprint density at radius 2 is 1.74 bits per heavy atom. The number of aryl methyl sites for hydroxylation is 1. The molecule has 1 aliphatic heterocycles. The number of ketones is 1. The summed E-state index contributed by atoms with van der Waals surface area (Å²) in [5, 5.41) is 0. The second kappa shape index (κ2) is 7.38. The highest BCUT2D eigenvalue weighted by atomic mass is 19.4. The first-order chi connectivity index (χ1) is 12.7. The third-order valence-electron chi connectivity index (χ3n) is 5.35. The van der Waals surface area contributed by atoms with Crippen molar-refractivity contribution in [2.75, 3.05) is 37.6 Å². The number of halogens is 3. The molecule has 1 aromatic carbocycles. The molecule has 0 bridgehead atoms. The van der Waals surface area contributed by atoms with Gasteiger partial charge in [0.1, 0.15) is 0 Å². The van der Waals surface area contributed by atoms with Crippen LogP contribution in [0.1, 0.15) is 27.3 Å². The number of rotatable bonds is 4. The molecule has 0 saturated carbocycles. The van der Waals surface area contributed by atoms with Crippen LogP contribution in [0, 0.1) is 13.8 Å². The largest absolute Gasteiger partial charge is 0.416 e. The summed E-state index contributed by atoms with van der Waals surface area (Å²) < 4.78 is 40.7. The molecule has 1 aliphatic rings. The van der Waals surface area contributed by atoms with Gasteiger partial charge in [0.15, 0.2) is 5.78 Å². The molecule has 0 N–H and O–H groups in total. The number of Topliss-reactive ketones (excluding diaryl/α,β-unsaturated/α-hetero) is 1. The third kappa shape index (κ3) is 4.18. The van der Waals surface area contributed by atoms with E-state index in [0.717, 1.165) is 23.0 Å². The summed E-state index contributed by atoms with van der Waals surface area (Å²) in [5.74, 6) is 0.0868. The number of carbonyl (C=O) groups is 1. The maximum Gasteiger partial charge on any atom is 0.416 e. The summed E-state index contributed by atoms with van der Waals surface area (Å²) in [6.45, 7) is 6.73. The Morgan fingerprint density at radius 1 is 1.07 bits per heavy atom. The first kappa shape index (κ1) is 19.5. The van der Waals surface area contributed by atoms with E-state index in [-0.39, 0.29) is 5.78 Å². The van der Waals surface area contributed by atoms with E-state index in [0.29, 0.717) is 38.4 Å². The molecule has 0 radical (unpaired) electrons. The van der Waals surface area contributed by atoms with E-state index in [1.165, 1.54) is 12.1 Å². The molecule has 2 heterocycles. The van der Waals surface area contributed by atoms with Crippen molar-refractivity contribution in [1.82, 2.24) is 9.47 Å². The summed E-state index contributed by atoms with van der Waals surface area (Å²) >= 11 is 0. The second-order valence-electron chi connectivity index (χ2n) is 7.08. The van der Waals surface area contributed by atoms with Gasteiger partial charge in [-0.15, -0.1) is 0 Å². The van der Waals surface area contributed by atoms with Crippen molar-refractivity contribution in [3.05, 3.63) is 52.8 Å². The first-order valence-corrected chi connectivity index (χ1v) is 8.97. The molecule has 0 spiro atoms. The zero-order valence-electron chi connectivity index (χ0n) is 15.8. The van der Waals surface area contributed by atoms with Gasteiger partial charge < -0.3 is 9.47 Å². The van der Waals surface area contributed by atoms with Crippen molar-refractivity contribution in [3.8, 4) is 0 Å². The van der Waals surface area contributed by atoms with Crippen LogP contribution in [0.3, 0.4) is 0 Å². The fourth-order valence-corrected chi connectivity index (χ4v) is 3.47. The second-order valence-corrected chi connectivity index (χ2v) is 7.08. The van der Waals surface area contributed by atoms with Gasteiger partial charge in [-0.05, 0) is 38.1 Å². The zero-order valence-corrected chi connectivity index (χ0v) is 15.8. The molecule has 4 nitrogen and oxygen atoms in total. The van der Waals surface area contributed by atoms with Crippen LogP contribution in [0.5, 0.6) is 0 Å². The van der Waals surface area contributed by atoms with Gasteiger partial charge in [0.2, 0.25) is 0 Å². The molecule has 3 rings (SSSR count). The Kier molecular flexibility index (Phi) is 5.33. The standard InChI is InChI=1S/C20H24F3N3O/c1-14-11-18(15(2)24(14)3)19(27)13-25-7-9-26(10-8-25)17-6-4-5-16(12-17)20(21,22)23/h4-6,11-12H,7-10,13H2,1-3H3. The van der Waals surface area contributed by atoms with Gasteiger partial charge in [0, 0.05) is 55.9 Å². The number of nitrogens with zero attached hydrogens (tertiary/aromatic N) is 3. The van der Waals surface area contributed by atoms with Crippen LogP contribution in [0.15, 0.2) is 30.3 Å². The lowest BCUT2D eigenvalue weighted by Gasteiger charge is -2.36. The number of anilines is 1. The van der Waals surface area contributed by atoms with E-state index in [2.05, 4.69) is 4.90 Å². The highest BCUT2D eigenvalue weighted by Gasteiger charge is 2.31. The molecular weight excluding hydrogens is 355 g/mol. The van der Waals surface area contributed by atoms with Crippen LogP contribution < -0.4 is 4.90 Å². The Bertz CT molecular complexity index is 833. The molecule has 0 amide bonds. The molecule has 1 saturated heterocycles. The van der Waals surface area contributed by atoms with Gasteiger partial charge in [-0.25, -0.2) is 0 Å². The lowest BCUT2D eigenvalue weighted by Crippen LogP contribution is -2.48. The van der Waals surface area contributed by atoms with Crippen LogP contribution in [-0.4, -0.2) is 48.0 Å². The van der Waals surface area contributed by atoms with E-state index >= 15 is 0 Å². The summed E-state index contributed by atoms with van der Waals surface area (Å²) in [6, 6.07) is 7.33. The smallest absolute Gasteiger partial charge is 0.369 e. The minimum atomic E-state index is -4.34. The number of carbonyl (C=O) groups excluding carboxylic acids is 1. The van der Waals surface area contributed by atoms with E-state index in [1.54, 1.807) is 6.07 Å². The maximum absolute atomic E-state index is 12.9. The number of alkyl halides is 3. The highest BCUT2D eigenvalue weighted by molar-refractivity contribution is 5.99. The maximum atomic E-state index is 12.9. The molecule has 27 heavy (non-hydrogen) atoms. The predicted molar refractivity (Wildman–Crippen MR) is 99.3 cm³/mol. The Balaban J connectivity index is 1.61. The van der Waals surface area contributed by atoms with Gasteiger partial charge in [-0.2, -0.15) is 13.2 Å². The van der Waals surface area contributed by atoms with Gasteiger partial charge in [0.25, 0.3) is 0 Å². The van der Waals surface area contributed by atoms with Crippen molar-refractivity contribution in [1.29, 1.82) is 0 Å². The monoisotopic (exact) mass is 379 g/mol. The number of benzene rings is 1. The summed E-state index contributed by atoms with van der Waals surface area (Å²) in [7, 11) is 1.94. The quantitative estimate of drug-likeness (QED) is 0.759. The summed E-state index contributed by atoms with van der Waals surface area (Å²) in [5.41, 5.74) is 2.69. The molecular formula is C20H24F3N3O. The van der Waals surface area contributed by atoms with E-state index in [1.807, 2.05) is 36.4 Å². The number of hydrogen-bond donors (Lipinski definition) is 0. The van der Waals surface area contributed by atoms with E-state index in [9.17, 15) is 18.0 Å². The average molecular weight is 379 g/mol. The summed E-state index contributed by atoms with van der Waals surface area (Å²) in [6.07, 6.45) is -4.34. The fourth-order valence-electron chi connectivity index (χ4n) is 3.47. The summed E-state index contributed by atoms with van der Waals surface area (Å²) in [4.78, 5) is 16.6. The Labute approximate surface area is 157 Å². The zero-order chi connectivity index (χ0) is 19.8. The van der Waals surface area contributed by atoms with Gasteiger partial charge in [-0.3, -0.25) is 9.69 Å².